The summed E-state index contributed by atoms with van der Waals surface area (Å²) in [7, 11) is 0. The van der Waals surface area contributed by atoms with E-state index in [9.17, 15) is 0 Å². The second-order valence-corrected chi connectivity index (χ2v) is 5.77. The Labute approximate surface area is 113 Å². The maximum atomic E-state index is 6.64. The van der Waals surface area contributed by atoms with E-state index in [2.05, 4.69) is 26.0 Å². The molecule has 1 nitrogen and oxygen atoms in total. The maximum absolute atomic E-state index is 6.64. The molecule has 0 fully saturated rings. The molecule has 1 aliphatic rings. The van der Waals surface area contributed by atoms with Crippen molar-refractivity contribution in [3.8, 4) is 0 Å². The van der Waals surface area contributed by atoms with Gasteiger partial charge in [-0.1, -0.05) is 29.7 Å². The summed E-state index contributed by atoms with van der Waals surface area (Å²) in [6.07, 6.45) is 5.95. The van der Waals surface area contributed by atoms with Gasteiger partial charge >= 0.3 is 0 Å². The summed E-state index contributed by atoms with van der Waals surface area (Å²) in [5.41, 5.74) is 6.12. The highest BCUT2D eigenvalue weighted by Gasteiger charge is 2.16. The zero-order valence-electron chi connectivity index (χ0n) is 11.0. The Morgan fingerprint density at radius 3 is 2.67 bits per heavy atom. The molecule has 1 heterocycles. The van der Waals surface area contributed by atoms with Crippen LogP contribution in [0.25, 0.3) is 10.9 Å². The molecule has 2 heteroatoms. The minimum atomic E-state index is 0.948. The van der Waals surface area contributed by atoms with Crippen molar-refractivity contribution >= 4 is 22.5 Å². The van der Waals surface area contributed by atoms with Gasteiger partial charge in [0.25, 0.3) is 0 Å². The Balaban J connectivity index is 2.34. The van der Waals surface area contributed by atoms with Crippen LogP contribution in [0.2, 0.25) is 5.02 Å². The lowest BCUT2D eigenvalue weighted by Gasteiger charge is -2.13. The normalized spacial score (nSPS) is 15.5. The number of aromatic nitrogens is 1. The third kappa shape index (κ3) is 1.91. The highest BCUT2D eigenvalue weighted by molar-refractivity contribution is 6.36. The van der Waals surface area contributed by atoms with E-state index in [1.54, 1.807) is 0 Å². The summed E-state index contributed by atoms with van der Waals surface area (Å²) in [6, 6.07) is 4.36. The molecule has 0 aliphatic heterocycles. The van der Waals surface area contributed by atoms with Crippen molar-refractivity contribution in [1.82, 2.24) is 4.98 Å². The molecule has 0 bridgehead atoms. The Bertz CT molecular complexity index is 616. The molecule has 3 rings (SSSR count). The Morgan fingerprint density at radius 1 is 1.06 bits per heavy atom. The van der Waals surface area contributed by atoms with Crippen molar-refractivity contribution in [1.29, 1.82) is 0 Å². The third-order valence-electron chi connectivity index (χ3n) is 3.88. The largest absolute Gasteiger partial charge is 0.252 e. The van der Waals surface area contributed by atoms with Gasteiger partial charge < -0.3 is 0 Å². The molecule has 2 aromatic rings. The number of hydrogen-bond donors (Lipinski definition) is 0. The molecule has 1 aromatic carbocycles. The van der Waals surface area contributed by atoms with Crippen LogP contribution in [-0.2, 0) is 12.8 Å². The van der Waals surface area contributed by atoms with E-state index in [1.165, 1.54) is 41.6 Å². The first-order valence-corrected chi connectivity index (χ1v) is 7.13. The summed E-state index contributed by atoms with van der Waals surface area (Å²) in [6.45, 7) is 4.25. The predicted molar refractivity (Wildman–Crippen MR) is 77.5 cm³/mol. The van der Waals surface area contributed by atoms with Crippen molar-refractivity contribution < 1.29 is 0 Å². The van der Waals surface area contributed by atoms with Crippen LogP contribution in [0.15, 0.2) is 12.1 Å². The number of halogens is 1. The van der Waals surface area contributed by atoms with Crippen LogP contribution >= 0.6 is 11.6 Å². The Kier molecular flexibility index (Phi) is 3.03. The molecule has 0 saturated heterocycles. The van der Waals surface area contributed by atoms with E-state index < -0.39 is 0 Å². The quantitative estimate of drug-likeness (QED) is 0.621. The molecule has 0 N–H and O–H groups in total. The van der Waals surface area contributed by atoms with Crippen LogP contribution < -0.4 is 0 Å². The molecule has 1 aromatic heterocycles. The number of hydrogen-bond acceptors (Lipinski definition) is 1. The molecular formula is C16H18ClN. The number of rotatable bonds is 0. The molecule has 0 amide bonds. The standard InChI is InChI=1S/C16H18ClN/c1-10-8-11(2)16-13(9-10)15(17)12-6-4-3-5-7-14(12)18-16/h8-9H,3-7H2,1-2H3. The summed E-state index contributed by atoms with van der Waals surface area (Å²) in [5, 5.41) is 2.08. The van der Waals surface area contributed by atoms with E-state index in [-0.39, 0.29) is 0 Å². The maximum Gasteiger partial charge on any atom is 0.0749 e. The van der Waals surface area contributed by atoms with Gasteiger partial charge in [0.15, 0.2) is 0 Å². The molecule has 0 unspecified atom stereocenters. The first kappa shape index (κ1) is 12.0. The summed E-state index contributed by atoms with van der Waals surface area (Å²) in [4.78, 5) is 4.89. The van der Waals surface area contributed by atoms with Gasteiger partial charge in [0.1, 0.15) is 0 Å². The highest BCUT2D eigenvalue weighted by atomic mass is 35.5. The predicted octanol–water partition coefficient (Wildman–Crippen LogP) is 4.77. The van der Waals surface area contributed by atoms with Crippen molar-refractivity contribution in [2.45, 2.75) is 46.0 Å². The first-order valence-electron chi connectivity index (χ1n) is 6.75. The monoisotopic (exact) mass is 259 g/mol. The SMILES string of the molecule is Cc1cc(C)c2nc3c(c(Cl)c2c1)CCCCC3. The highest BCUT2D eigenvalue weighted by Crippen LogP contribution is 2.33. The fourth-order valence-electron chi connectivity index (χ4n) is 3.00. The van der Waals surface area contributed by atoms with Gasteiger partial charge in [-0.2, -0.15) is 0 Å². The first-order chi connectivity index (χ1) is 8.66. The lowest BCUT2D eigenvalue weighted by Crippen LogP contribution is -1.99. The fourth-order valence-corrected chi connectivity index (χ4v) is 3.35. The number of fused-ring (bicyclic) bond motifs is 2. The minimum absolute atomic E-state index is 0.948. The molecule has 0 saturated carbocycles. The van der Waals surface area contributed by atoms with E-state index in [1.807, 2.05) is 0 Å². The molecule has 94 valence electrons. The van der Waals surface area contributed by atoms with Gasteiger partial charge in [-0.15, -0.1) is 0 Å². The second kappa shape index (κ2) is 4.55. The second-order valence-electron chi connectivity index (χ2n) is 5.39. The number of benzene rings is 1. The van der Waals surface area contributed by atoms with Crippen molar-refractivity contribution in [3.05, 3.63) is 39.5 Å². The average molecular weight is 260 g/mol. The van der Waals surface area contributed by atoms with Gasteiger partial charge in [-0.3, -0.25) is 4.98 Å². The average Bonchev–Trinajstić information content (AvgIpc) is 2.56. The van der Waals surface area contributed by atoms with Gasteiger partial charge in [-0.25, -0.2) is 0 Å². The smallest absolute Gasteiger partial charge is 0.0749 e. The molecule has 0 radical (unpaired) electrons. The summed E-state index contributed by atoms with van der Waals surface area (Å²) in [5.74, 6) is 0. The molecular weight excluding hydrogens is 242 g/mol. The van der Waals surface area contributed by atoms with Crippen LogP contribution in [0.3, 0.4) is 0 Å². The molecule has 0 atom stereocenters. The van der Waals surface area contributed by atoms with Gasteiger partial charge in [-0.05, 0) is 56.7 Å². The lowest BCUT2D eigenvalue weighted by molar-refractivity contribution is 0.709. The van der Waals surface area contributed by atoms with Crippen molar-refractivity contribution in [2.24, 2.45) is 0 Å². The zero-order valence-corrected chi connectivity index (χ0v) is 11.8. The third-order valence-corrected chi connectivity index (χ3v) is 4.31. The Morgan fingerprint density at radius 2 is 1.83 bits per heavy atom. The van der Waals surface area contributed by atoms with E-state index in [4.69, 9.17) is 16.6 Å². The fraction of sp³-hybridized carbons (Fsp3) is 0.438. The van der Waals surface area contributed by atoms with E-state index in [0.29, 0.717) is 0 Å². The van der Waals surface area contributed by atoms with Gasteiger partial charge in [0.2, 0.25) is 0 Å². The minimum Gasteiger partial charge on any atom is -0.252 e. The lowest BCUT2D eigenvalue weighted by atomic mass is 10.0. The molecule has 18 heavy (non-hydrogen) atoms. The van der Waals surface area contributed by atoms with Crippen LogP contribution in [0.1, 0.15) is 41.6 Å². The van der Waals surface area contributed by atoms with Crippen molar-refractivity contribution in [3.63, 3.8) is 0 Å². The molecule has 0 spiro atoms. The van der Waals surface area contributed by atoms with Crippen LogP contribution in [0, 0.1) is 13.8 Å². The summed E-state index contributed by atoms with van der Waals surface area (Å²) < 4.78 is 0. The van der Waals surface area contributed by atoms with Gasteiger partial charge in [0, 0.05) is 11.1 Å². The van der Waals surface area contributed by atoms with Crippen molar-refractivity contribution in [2.75, 3.05) is 0 Å². The Hall–Kier alpha value is -1.08. The summed E-state index contributed by atoms with van der Waals surface area (Å²) >= 11 is 6.64. The van der Waals surface area contributed by atoms with E-state index in [0.717, 1.165) is 28.8 Å². The topological polar surface area (TPSA) is 12.9 Å². The number of pyridine rings is 1. The van der Waals surface area contributed by atoms with Crippen LogP contribution in [-0.4, -0.2) is 4.98 Å². The van der Waals surface area contributed by atoms with E-state index >= 15 is 0 Å². The number of nitrogens with zero attached hydrogens (tertiary/aromatic N) is 1. The zero-order chi connectivity index (χ0) is 12.7. The van der Waals surface area contributed by atoms with Gasteiger partial charge in [0.05, 0.1) is 10.5 Å². The molecule has 1 aliphatic carbocycles. The van der Waals surface area contributed by atoms with Crippen LogP contribution in [0.4, 0.5) is 0 Å². The van der Waals surface area contributed by atoms with Crippen LogP contribution in [0.5, 0.6) is 0 Å². The number of aryl methyl sites for hydroxylation is 3.